The number of aryl methyl sites for hydroxylation is 1. The molecule has 2 heterocycles. The number of carboxylic acids is 1. The molecule has 2 aromatic rings. The van der Waals surface area contributed by atoms with Gasteiger partial charge in [0.2, 0.25) is 0 Å². The lowest BCUT2D eigenvalue weighted by atomic mass is 10.3. The van der Waals surface area contributed by atoms with Crippen LogP contribution < -0.4 is 0 Å². The zero-order valence-electron chi connectivity index (χ0n) is 9.16. The Labute approximate surface area is 107 Å². The molecule has 7 heteroatoms. The third kappa shape index (κ3) is 3.31. The van der Waals surface area contributed by atoms with Gasteiger partial charge in [0.05, 0.1) is 18.4 Å². The van der Waals surface area contributed by atoms with Crippen LogP contribution in [-0.2, 0) is 24.0 Å². The molecule has 0 fully saturated rings. The number of hydrogen-bond donors (Lipinski definition) is 1. The quantitative estimate of drug-likeness (QED) is 0.838. The Hall–Kier alpha value is -1.34. The molecule has 0 radical (unpaired) electrons. The normalized spacial score (nSPS) is 10.6. The molecule has 0 saturated heterocycles. The van der Waals surface area contributed by atoms with Crippen molar-refractivity contribution < 1.29 is 9.90 Å². The zero-order chi connectivity index (χ0) is 12.3. The number of thiazole rings is 1. The predicted molar refractivity (Wildman–Crippen MR) is 66.2 cm³/mol. The molecule has 0 spiro atoms. The van der Waals surface area contributed by atoms with E-state index in [1.807, 2.05) is 17.8 Å². The van der Waals surface area contributed by atoms with E-state index >= 15 is 0 Å². The monoisotopic (exact) mass is 269 g/mol. The molecule has 5 nitrogen and oxygen atoms in total. The van der Waals surface area contributed by atoms with E-state index in [2.05, 4.69) is 9.97 Å². The first-order valence-electron chi connectivity index (χ1n) is 4.89. The van der Waals surface area contributed by atoms with Gasteiger partial charge in [-0.2, -0.15) is 0 Å². The van der Waals surface area contributed by atoms with Gasteiger partial charge in [0.1, 0.15) is 0 Å². The van der Waals surface area contributed by atoms with Crippen molar-refractivity contribution >= 4 is 29.1 Å². The second-order valence-electron chi connectivity index (χ2n) is 3.46. The number of thioether (sulfide) groups is 1. The van der Waals surface area contributed by atoms with Crippen LogP contribution in [0.3, 0.4) is 0 Å². The average molecular weight is 269 g/mol. The van der Waals surface area contributed by atoms with Gasteiger partial charge in [0, 0.05) is 30.1 Å². The summed E-state index contributed by atoms with van der Waals surface area (Å²) >= 11 is 3.07. The Kier molecular flexibility index (Phi) is 3.80. The van der Waals surface area contributed by atoms with E-state index in [1.54, 1.807) is 23.5 Å². The molecule has 0 amide bonds. The first-order chi connectivity index (χ1) is 8.15. The third-order valence-corrected chi connectivity index (χ3v) is 4.23. The highest BCUT2D eigenvalue weighted by Crippen LogP contribution is 2.26. The lowest BCUT2D eigenvalue weighted by Crippen LogP contribution is -1.99. The molecule has 0 unspecified atom stereocenters. The molecule has 2 rings (SSSR count). The highest BCUT2D eigenvalue weighted by molar-refractivity contribution is 8.00. The fraction of sp³-hybridized carbons (Fsp3) is 0.300. The maximum atomic E-state index is 10.5. The van der Waals surface area contributed by atoms with Gasteiger partial charge < -0.3 is 9.67 Å². The van der Waals surface area contributed by atoms with Gasteiger partial charge in [-0.3, -0.25) is 4.79 Å². The van der Waals surface area contributed by atoms with Crippen molar-refractivity contribution in [1.29, 1.82) is 0 Å². The second-order valence-corrected chi connectivity index (χ2v) is 5.54. The fourth-order valence-corrected chi connectivity index (χ4v) is 3.12. The van der Waals surface area contributed by atoms with Crippen LogP contribution >= 0.6 is 23.1 Å². The SMILES string of the molecule is Cn1cncc1CSc1nc(CC(=O)O)cs1. The van der Waals surface area contributed by atoms with Crippen LogP contribution in [0.2, 0.25) is 0 Å². The van der Waals surface area contributed by atoms with Crippen LogP contribution in [0, 0.1) is 0 Å². The van der Waals surface area contributed by atoms with Crippen molar-refractivity contribution in [1.82, 2.24) is 14.5 Å². The minimum atomic E-state index is -0.849. The maximum absolute atomic E-state index is 10.5. The molecule has 0 aliphatic heterocycles. The Morgan fingerprint density at radius 1 is 1.65 bits per heavy atom. The van der Waals surface area contributed by atoms with E-state index in [0.717, 1.165) is 15.8 Å². The number of imidazole rings is 1. The van der Waals surface area contributed by atoms with Crippen LogP contribution in [0.4, 0.5) is 0 Å². The molecule has 17 heavy (non-hydrogen) atoms. The summed E-state index contributed by atoms with van der Waals surface area (Å²) in [5, 5.41) is 10.4. The summed E-state index contributed by atoms with van der Waals surface area (Å²) < 4.78 is 2.85. The summed E-state index contributed by atoms with van der Waals surface area (Å²) in [6.45, 7) is 0. The summed E-state index contributed by atoms with van der Waals surface area (Å²) in [7, 11) is 1.95. The highest BCUT2D eigenvalue weighted by atomic mass is 32.2. The smallest absolute Gasteiger partial charge is 0.309 e. The number of carbonyl (C=O) groups is 1. The Morgan fingerprint density at radius 2 is 2.47 bits per heavy atom. The Morgan fingerprint density at radius 3 is 3.12 bits per heavy atom. The van der Waals surface area contributed by atoms with Crippen molar-refractivity contribution in [2.45, 2.75) is 16.5 Å². The van der Waals surface area contributed by atoms with Crippen molar-refractivity contribution in [2.75, 3.05) is 0 Å². The van der Waals surface area contributed by atoms with Crippen LogP contribution in [0.25, 0.3) is 0 Å². The second kappa shape index (κ2) is 5.33. The number of nitrogens with zero attached hydrogens (tertiary/aromatic N) is 3. The molecule has 2 aromatic heterocycles. The van der Waals surface area contributed by atoms with E-state index in [1.165, 1.54) is 11.3 Å². The molecular formula is C10H11N3O2S2. The topological polar surface area (TPSA) is 68.0 Å². The van der Waals surface area contributed by atoms with E-state index < -0.39 is 5.97 Å². The van der Waals surface area contributed by atoms with Crippen LogP contribution in [0.5, 0.6) is 0 Å². The third-order valence-electron chi connectivity index (χ3n) is 2.12. The molecule has 0 saturated carbocycles. The molecule has 0 bridgehead atoms. The first-order valence-corrected chi connectivity index (χ1v) is 6.76. The van der Waals surface area contributed by atoms with E-state index in [9.17, 15) is 4.79 Å². The molecule has 0 aromatic carbocycles. The lowest BCUT2D eigenvalue weighted by molar-refractivity contribution is -0.136. The molecular weight excluding hydrogens is 258 g/mol. The largest absolute Gasteiger partial charge is 0.481 e. The van der Waals surface area contributed by atoms with Crippen LogP contribution in [0.1, 0.15) is 11.4 Å². The fourth-order valence-electron chi connectivity index (χ4n) is 1.25. The van der Waals surface area contributed by atoms with Gasteiger partial charge in [-0.15, -0.1) is 11.3 Å². The predicted octanol–water partition coefficient (Wildman–Crippen LogP) is 1.80. The van der Waals surface area contributed by atoms with Gasteiger partial charge in [-0.25, -0.2) is 9.97 Å². The number of carboxylic acid groups (broad SMARTS) is 1. The molecule has 90 valence electrons. The van der Waals surface area contributed by atoms with Crippen molar-refractivity contribution in [3.63, 3.8) is 0 Å². The minimum Gasteiger partial charge on any atom is -0.481 e. The molecule has 0 atom stereocenters. The summed E-state index contributed by atoms with van der Waals surface area (Å²) in [4.78, 5) is 18.8. The van der Waals surface area contributed by atoms with E-state index in [4.69, 9.17) is 5.11 Å². The van der Waals surface area contributed by atoms with E-state index in [-0.39, 0.29) is 6.42 Å². The lowest BCUT2D eigenvalue weighted by Gasteiger charge is -1.98. The van der Waals surface area contributed by atoms with Crippen LogP contribution in [0.15, 0.2) is 22.2 Å². The maximum Gasteiger partial charge on any atom is 0.309 e. The standard InChI is InChI=1S/C10H11N3O2S2/c1-13-6-11-3-8(13)5-17-10-12-7(4-16-10)2-9(14)15/h3-4,6H,2,5H2,1H3,(H,14,15). The van der Waals surface area contributed by atoms with Gasteiger partial charge in [0.15, 0.2) is 4.34 Å². The zero-order valence-corrected chi connectivity index (χ0v) is 10.8. The molecule has 1 N–H and O–H groups in total. The van der Waals surface area contributed by atoms with E-state index in [0.29, 0.717) is 5.69 Å². The van der Waals surface area contributed by atoms with Crippen molar-refractivity contribution in [2.24, 2.45) is 7.05 Å². The summed E-state index contributed by atoms with van der Waals surface area (Å²) in [5.41, 5.74) is 1.74. The molecule has 0 aliphatic carbocycles. The molecule has 0 aliphatic rings. The van der Waals surface area contributed by atoms with Gasteiger partial charge >= 0.3 is 5.97 Å². The average Bonchev–Trinajstić information content (AvgIpc) is 2.84. The number of aromatic nitrogens is 3. The van der Waals surface area contributed by atoms with Gasteiger partial charge in [-0.1, -0.05) is 11.8 Å². The van der Waals surface area contributed by atoms with Gasteiger partial charge in [-0.05, 0) is 0 Å². The van der Waals surface area contributed by atoms with Gasteiger partial charge in [0.25, 0.3) is 0 Å². The Bertz CT molecular complexity index is 521. The minimum absolute atomic E-state index is 0.0111. The number of rotatable bonds is 5. The summed E-state index contributed by atoms with van der Waals surface area (Å²) in [5.74, 6) is -0.0604. The van der Waals surface area contributed by atoms with Crippen LogP contribution in [-0.4, -0.2) is 25.6 Å². The van der Waals surface area contributed by atoms with Crippen molar-refractivity contribution in [3.05, 3.63) is 29.3 Å². The highest BCUT2D eigenvalue weighted by Gasteiger charge is 2.07. The Balaban J connectivity index is 1.93. The number of hydrogen-bond acceptors (Lipinski definition) is 5. The number of aliphatic carboxylic acids is 1. The summed E-state index contributed by atoms with van der Waals surface area (Å²) in [6, 6.07) is 0. The van der Waals surface area contributed by atoms with Crippen molar-refractivity contribution in [3.8, 4) is 0 Å². The first kappa shape index (κ1) is 12.1. The summed E-state index contributed by atoms with van der Waals surface area (Å²) in [6.07, 6.45) is 3.56.